The lowest BCUT2D eigenvalue weighted by molar-refractivity contribution is 0.0759. The van der Waals surface area contributed by atoms with E-state index in [1.165, 1.54) is 5.56 Å². The Bertz CT molecular complexity index is 1250. The lowest BCUT2D eigenvalue weighted by atomic mass is 9.90. The van der Waals surface area contributed by atoms with Crippen LogP contribution in [0, 0.1) is 0 Å². The highest BCUT2D eigenvalue weighted by Gasteiger charge is 2.66. The van der Waals surface area contributed by atoms with Crippen molar-refractivity contribution in [3.63, 3.8) is 0 Å². The minimum Gasteiger partial charge on any atom is -0.422 e. The normalized spacial score (nSPS) is 16.4. The van der Waals surface area contributed by atoms with Crippen LogP contribution in [0.25, 0.3) is 0 Å². The first-order valence-electron chi connectivity index (χ1n) is 18.4. The summed E-state index contributed by atoms with van der Waals surface area (Å²) in [7, 11) is -10.5. The molecule has 3 nitrogen and oxygen atoms in total. The fraction of sp³-hybridized carbons (Fsp3) is 0.649. The third-order valence-corrected chi connectivity index (χ3v) is 146. The smallest absolute Gasteiger partial charge is 0.165 e. The molecule has 0 aliphatic heterocycles. The van der Waals surface area contributed by atoms with Gasteiger partial charge in [0.1, 0.15) is 0 Å². The van der Waals surface area contributed by atoms with Gasteiger partial charge in [0.05, 0.1) is 57.8 Å². The molecule has 272 valence electrons. The molecule has 0 N–H and O–H groups in total. The lowest BCUT2D eigenvalue weighted by Gasteiger charge is -2.59. The highest BCUT2D eigenvalue weighted by Crippen LogP contribution is 2.44. The Kier molecular flexibility index (Phi) is 14.1. The summed E-state index contributed by atoms with van der Waals surface area (Å²) in [5, 5.41) is 0. The largest absolute Gasteiger partial charge is 0.422 e. The van der Waals surface area contributed by atoms with Gasteiger partial charge in [-0.15, -0.1) is 0 Å². The fourth-order valence-electron chi connectivity index (χ4n) is 11.0. The summed E-state index contributed by atoms with van der Waals surface area (Å²) in [6.07, 6.45) is 1.08. The Morgan fingerprint density at radius 2 is 0.854 bits per heavy atom. The van der Waals surface area contributed by atoms with E-state index in [9.17, 15) is 4.79 Å². The molecule has 0 spiro atoms. The van der Waals surface area contributed by atoms with Gasteiger partial charge in [-0.25, -0.2) is 0 Å². The molecule has 2 aromatic rings. The maximum atomic E-state index is 14.2. The van der Waals surface area contributed by atoms with Crippen LogP contribution in [0.4, 0.5) is 0 Å². The maximum Gasteiger partial charge on any atom is 0.165 e. The molecule has 0 unspecified atom stereocenters. The Labute approximate surface area is 304 Å². The van der Waals surface area contributed by atoms with Crippen LogP contribution < -0.4 is 0 Å². The third kappa shape index (κ3) is 9.21. The summed E-state index contributed by atoms with van der Waals surface area (Å²) in [6, 6.07) is 21.0. The molecule has 0 heterocycles. The second-order valence-corrected chi connectivity index (χ2v) is 99.6. The maximum absolute atomic E-state index is 14.2. The zero-order valence-corrected chi connectivity index (χ0v) is 42.6. The van der Waals surface area contributed by atoms with Crippen molar-refractivity contribution >= 4 is 65.1 Å². The summed E-state index contributed by atoms with van der Waals surface area (Å²) in [5.74, 6) is 0.419. The minimum atomic E-state index is -2.23. The fourth-order valence-corrected chi connectivity index (χ4v) is 199. The van der Waals surface area contributed by atoms with E-state index in [4.69, 9.17) is 8.85 Å². The number of Topliss-reactive ketones (excluding diaryl/α,β-unsaturated/α-hetero) is 1. The molecule has 11 heteroatoms. The van der Waals surface area contributed by atoms with Gasteiger partial charge in [-0.2, -0.15) is 0 Å². The summed E-state index contributed by atoms with van der Waals surface area (Å²) in [6.45, 7) is 44.8. The van der Waals surface area contributed by atoms with Crippen molar-refractivity contribution in [3.05, 3.63) is 71.8 Å². The van der Waals surface area contributed by atoms with Crippen LogP contribution in [0.1, 0.15) is 41.6 Å². The van der Waals surface area contributed by atoms with Crippen LogP contribution in [-0.4, -0.2) is 77.3 Å². The number of hydrogen-bond donors (Lipinski definition) is 0. The molecule has 0 aliphatic carbocycles. The summed E-state index contributed by atoms with van der Waals surface area (Å²) in [5.41, 5.74) is 2.14. The van der Waals surface area contributed by atoms with E-state index >= 15 is 0 Å². The molecule has 0 aliphatic rings. The predicted octanol–water partition coefficient (Wildman–Crippen LogP) is 11.6. The van der Waals surface area contributed by atoms with Gasteiger partial charge in [-0.1, -0.05) is 185 Å². The van der Waals surface area contributed by atoms with E-state index in [-0.39, 0.29) is 23.9 Å². The van der Waals surface area contributed by atoms with Crippen molar-refractivity contribution in [1.29, 1.82) is 0 Å². The molecule has 0 radical (unpaired) electrons. The first-order chi connectivity index (χ1) is 21.4. The molecule has 0 saturated heterocycles. The second-order valence-electron chi connectivity index (χ2n) is 20.7. The van der Waals surface area contributed by atoms with Crippen LogP contribution in [0.2, 0.25) is 118 Å². The lowest BCUT2D eigenvalue weighted by Crippen LogP contribution is -2.85. The molecular weight excluding hydrogens is 717 g/mol. The average Bonchev–Trinajstić information content (AvgIpc) is 2.89. The van der Waals surface area contributed by atoms with Gasteiger partial charge in [0.15, 0.2) is 19.5 Å². The monoisotopic (exact) mass is 790 g/mol. The van der Waals surface area contributed by atoms with Gasteiger partial charge in [0.2, 0.25) is 0 Å². The van der Waals surface area contributed by atoms with Gasteiger partial charge < -0.3 is 8.85 Å². The van der Waals surface area contributed by atoms with Gasteiger partial charge in [0, 0.05) is 17.9 Å². The van der Waals surface area contributed by atoms with Crippen molar-refractivity contribution in [1.82, 2.24) is 0 Å². The molecule has 0 saturated carbocycles. The van der Waals surface area contributed by atoms with E-state index in [0.29, 0.717) is 6.42 Å². The molecule has 2 rings (SSSR count). The zero-order chi connectivity index (χ0) is 37.4. The van der Waals surface area contributed by atoms with Crippen molar-refractivity contribution in [2.45, 2.75) is 156 Å². The first kappa shape index (κ1) is 43.9. The van der Waals surface area contributed by atoms with E-state index in [2.05, 4.69) is 155 Å². The summed E-state index contributed by atoms with van der Waals surface area (Å²) < 4.78 is 16.3. The van der Waals surface area contributed by atoms with Gasteiger partial charge in [0.25, 0.3) is 0 Å². The average molecular weight is 792 g/mol. The predicted molar refractivity (Wildman–Crippen MR) is 236 cm³/mol. The number of hydrogen-bond acceptors (Lipinski definition) is 3. The van der Waals surface area contributed by atoms with Crippen LogP contribution in [0.15, 0.2) is 60.7 Å². The number of carbonyl (C=O) groups is 1. The number of carbonyl (C=O) groups excluding carboxylic acids is 1. The topological polar surface area (TPSA) is 35.5 Å². The molecule has 0 aromatic heterocycles. The van der Waals surface area contributed by atoms with Crippen LogP contribution in [0.3, 0.4) is 0 Å². The van der Waals surface area contributed by atoms with Crippen molar-refractivity contribution in [2.75, 3.05) is 0 Å². The Hall–Kier alpha value is -0.235. The summed E-state index contributed by atoms with van der Waals surface area (Å²) in [4.78, 5) is 14.2. The first-order valence-corrected chi connectivity index (χ1v) is 49.2. The number of ketones is 1. The quantitative estimate of drug-likeness (QED) is 0.118. The van der Waals surface area contributed by atoms with Crippen molar-refractivity contribution in [2.24, 2.45) is 0 Å². The minimum absolute atomic E-state index is 0.00872. The highest BCUT2D eigenvalue weighted by molar-refractivity contribution is 7.88. The summed E-state index contributed by atoms with van der Waals surface area (Å²) >= 11 is 0. The molecule has 0 bridgehead atoms. The second kappa shape index (κ2) is 15.4. The van der Waals surface area contributed by atoms with Gasteiger partial charge in [-0.3, -0.25) is 4.79 Å². The van der Waals surface area contributed by atoms with Crippen LogP contribution in [0.5, 0.6) is 0 Å². The van der Waals surface area contributed by atoms with Gasteiger partial charge >= 0.3 is 0 Å². The third-order valence-electron chi connectivity index (χ3n) is 10.9. The molecule has 0 amide bonds. The standard InChI is InChI=1S/C37H74O3Si8/c1-32(33-26-22-20-23-27-33)37(40-48(44(11,12)13,45(14,15)16)46(17,18)19)31-35(30-36(38)34-28-24-21-25-29-34)39-47(41(2,3)4,42(5,6)7)43(8,9)10/h20-29,32,35,37H,30-31H2,1-19H3/t32-,35-,37-/m0/s1. The van der Waals surface area contributed by atoms with E-state index in [1.54, 1.807) is 0 Å². The number of benzene rings is 2. The van der Waals surface area contributed by atoms with Crippen LogP contribution in [-0.2, 0) is 8.85 Å². The van der Waals surface area contributed by atoms with Gasteiger partial charge in [-0.05, 0) is 12.0 Å². The van der Waals surface area contributed by atoms with Crippen molar-refractivity contribution in [3.8, 4) is 0 Å². The Morgan fingerprint density at radius 3 is 1.21 bits per heavy atom. The zero-order valence-electron chi connectivity index (χ0n) is 34.6. The SMILES string of the molecule is C[C@@H](c1ccccc1)[C@H](C[C@H](CC(=O)c1ccccc1)O[Si]([Si](C)(C)C)([Si](C)(C)C)[Si](C)(C)C)O[Si]([Si](C)(C)C)([Si](C)(C)C)[Si](C)(C)C. The highest BCUT2D eigenvalue weighted by atomic mass is 29.9. The molecular formula is C37H74O3Si8. The molecule has 2 aromatic carbocycles. The van der Waals surface area contributed by atoms with E-state index in [0.717, 1.165) is 12.0 Å². The van der Waals surface area contributed by atoms with Crippen molar-refractivity contribution < 1.29 is 13.6 Å². The number of rotatable bonds is 17. The molecule has 3 atom stereocenters. The Morgan fingerprint density at radius 1 is 0.521 bits per heavy atom. The molecule has 0 fully saturated rings. The Balaban J connectivity index is 2.94. The van der Waals surface area contributed by atoms with E-state index in [1.807, 2.05) is 30.3 Å². The van der Waals surface area contributed by atoms with Crippen LogP contribution >= 0.6 is 0 Å². The molecule has 48 heavy (non-hydrogen) atoms. The van der Waals surface area contributed by atoms with E-state index < -0.39 is 59.3 Å².